The molecule has 4 aliphatic carbocycles. The minimum Gasteiger partial charge on any atom is -0.256 e. The highest BCUT2D eigenvalue weighted by atomic mass is 14.8. The Morgan fingerprint density at radius 3 is 1.14 bits per heavy atom. The summed E-state index contributed by atoms with van der Waals surface area (Å²) in [6.07, 6.45) is 37.3. The molecule has 0 saturated heterocycles. The summed E-state index contributed by atoms with van der Waals surface area (Å²) >= 11 is 0. The average molecular weight is 1680 g/mol. The molecule has 0 spiro atoms. The van der Waals surface area contributed by atoms with E-state index in [4.69, 9.17) is 49.8 Å². The Hall–Kier alpha value is -17.9. The van der Waals surface area contributed by atoms with Crippen LogP contribution in [0, 0.1) is 11.8 Å². The summed E-state index contributed by atoms with van der Waals surface area (Å²) in [5.41, 5.74) is 34.8. The predicted octanol–water partition coefficient (Wildman–Crippen LogP) is 27.9. The summed E-state index contributed by atoms with van der Waals surface area (Å²) in [6.45, 7) is 0. The SMILES string of the molecule is C1=CC2=C(c3ccnc4c3ccc3cccnc34)C=CC3=CC=C4C(c5c6ccccc6nc6c5ccc5cccnc56)=CC=C1C4C32.c1cnc2c(c1)ccc1c(-c3ccc(-c4c5ccccc5nc5c4ccc4cccnc45)c4ncccc34)ccnc12.c1cnc2c(c1)ccc1c(-c3ccc4nc(-c5c6ccccc6nc6c5ccc5cccnc56)ccc4c3)ccnc12. The number of allylic oxidation sites excluding steroid dienone is 14. The monoisotopic (exact) mass is 1680 g/mol. The second-order valence-corrected chi connectivity index (χ2v) is 34.0. The van der Waals surface area contributed by atoms with E-state index in [1.54, 1.807) is 0 Å². The Morgan fingerprint density at radius 2 is 0.583 bits per heavy atom. The molecule has 2 atom stereocenters. The van der Waals surface area contributed by atoms with Crippen molar-refractivity contribution in [2.75, 3.05) is 0 Å². The lowest BCUT2D eigenvalue weighted by Crippen LogP contribution is -2.30. The highest BCUT2D eigenvalue weighted by Crippen LogP contribution is 2.56. The maximum absolute atomic E-state index is 5.19. The van der Waals surface area contributed by atoms with Gasteiger partial charge in [0.25, 0.3) is 0 Å². The average Bonchev–Trinajstić information content (AvgIpc) is 0.716. The molecule has 610 valence electrons. The van der Waals surface area contributed by atoms with E-state index >= 15 is 0 Å². The largest absolute Gasteiger partial charge is 0.256 e. The standard InChI is InChI=1S/C44H26N4.2C37H21N5/c1-2-8-37-35(7-1)40(36-20-14-28-6-4-23-46-42(28)44(36)48-37)33-18-12-26-10-16-31-29(15-9-25-11-17-32(33)39(26)38(25)31)30-21-24-47-43-34(30)19-13-27-5-3-22-45-41(27)43;1-2-10-31-28(8-1)32(30-14-12-23-7-4-19-39-34(23)37(30)42-31)29-16-15-24(26-9-5-20-40-35(26)29)25-17-21-41-36-27(25)13-11-22-6-3-18-38-33(22)36;1-2-8-31-28(7-1)33(29-14-10-23-6-4-19-39-35(23)37(29)42-31)32-16-12-25-21-24(11-15-30(25)41-32)26-17-20-40-36-27(26)13-9-22-5-3-18-38-34(22)36/h1-24,38-39H;2*1-21H. The molecular formula is C118H68N14. The molecule has 25 aromatic rings. The quantitative estimate of drug-likeness (QED) is 0.113. The van der Waals surface area contributed by atoms with E-state index in [1.807, 2.05) is 117 Å². The molecule has 14 nitrogen and oxygen atoms in total. The Balaban J connectivity index is 0.000000102. The number of benzene rings is 11. The first-order chi connectivity index (χ1) is 65.5. The number of hydrogen-bond donors (Lipinski definition) is 0. The molecule has 14 heteroatoms. The van der Waals surface area contributed by atoms with E-state index in [9.17, 15) is 0 Å². The predicted molar refractivity (Wildman–Crippen MR) is 539 cm³/mol. The third kappa shape index (κ3) is 11.8. The first-order valence-electron chi connectivity index (χ1n) is 44.3. The van der Waals surface area contributed by atoms with Crippen LogP contribution >= 0.6 is 0 Å². The molecule has 4 aliphatic rings. The van der Waals surface area contributed by atoms with Gasteiger partial charge in [-0.25, -0.2) is 19.9 Å². The van der Waals surface area contributed by atoms with Crippen molar-refractivity contribution < 1.29 is 0 Å². The van der Waals surface area contributed by atoms with Crippen molar-refractivity contribution in [3.05, 3.63) is 435 Å². The van der Waals surface area contributed by atoms with Gasteiger partial charge in [-0.2, -0.15) is 0 Å². The second-order valence-electron chi connectivity index (χ2n) is 34.0. The number of nitrogens with zero attached hydrogens (tertiary/aromatic N) is 14. The summed E-state index contributed by atoms with van der Waals surface area (Å²) in [6, 6.07) is 101. The third-order valence-electron chi connectivity index (χ3n) is 27.0. The van der Waals surface area contributed by atoms with E-state index in [0.29, 0.717) is 0 Å². The molecule has 0 amide bonds. The van der Waals surface area contributed by atoms with Crippen LogP contribution in [0.5, 0.6) is 0 Å². The van der Waals surface area contributed by atoms with Crippen LogP contribution in [0.1, 0.15) is 11.1 Å². The zero-order valence-electron chi connectivity index (χ0n) is 70.5. The van der Waals surface area contributed by atoms with Crippen LogP contribution in [-0.4, -0.2) is 69.8 Å². The van der Waals surface area contributed by atoms with Crippen LogP contribution < -0.4 is 0 Å². The Bertz CT molecular complexity index is 9670. The summed E-state index contributed by atoms with van der Waals surface area (Å²) in [7, 11) is 0. The van der Waals surface area contributed by atoms with Crippen molar-refractivity contribution in [2.45, 2.75) is 0 Å². The van der Waals surface area contributed by atoms with Gasteiger partial charge in [-0.1, -0.05) is 243 Å². The van der Waals surface area contributed by atoms with Crippen LogP contribution in [-0.2, 0) is 0 Å². The van der Waals surface area contributed by atoms with E-state index < -0.39 is 0 Å². The third-order valence-corrected chi connectivity index (χ3v) is 27.0. The van der Waals surface area contributed by atoms with Crippen molar-refractivity contribution in [3.63, 3.8) is 0 Å². The number of rotatable bonds is 6. The molecule has 0 saturated carbocycles. The molecule has 2 unspecified atom stereocenters. The molecule has 0 radical (unpaired) electrons. The van der Waals surface area contributed by atoms with Crippen LogP contribution in [0.4, 0.5) is 0 Å². The number of fused-ring (bicyclic) bond motifs is 23. The molecule has 14 aromatic heterocycles. The van der Waals surface area contributed by atoms with E-state index in [1.165, 1.54) is 44.6 Å². The molecule has 132 heavy (non-hydrogen) atoms. The Kier molecular flexibility index (Phi) is 16.8. The van der Waals surface area contributed by atoms with Crippen molar-refractivity contribution in [3.8, 4) is 44.6 Å². The molecule has 0 fully saturated rings. The molecule has 0 aliphatic heterocycles. The van der Waals surface area contributed by atoms with Crippen LogP contribution in [0.15, 0.2) is 424 Å². The number of aromatic nitrogens is 14. The molecule has 29 rings (SSSR count). The summed E-state index contributed by atoms with van der Waals surface area (Å²) < 4.78 is 0. The van der Waals surface area contributed by atoms with Crippen molar-refractivity contribution >= 4 is 196 Å². The maximum Gasteiger partial charge on any atom is 0.0979 e. The van der Waals surface area contributed by atoms with Crippen molar-refractivity contribution in [1.82, 2.24) is 69.8 Å². The summed E-state index contributed by atoms with van der Waals surface area (Å²) in [5, 5.41) is 18.5. The maximum atomic E-state index is 5.19. The van der Waals surface area contributed by atoms with E-state index in [0.717, 1.165) is 230 Å². The zero-order valence-corrected chi connectivity index (χ0v) is 70.5. The van der Waals surface area contributed by atoms with Gasteiger partial charge in [0.15, 0.2) is 0 Å². The first kappa shape index (κ1) is 74.4. The van der Waals surface area contributed by atoms with Gasteiger partial charge in [-0.05, 0) is 158 Å². The smallest absolute Gasteiger partial charge is 0.0979 e. The highest BCUT2D eigenvalue weighted by Gasteiger charge is 2.42. The van der Waals surface area contributed by atoms with Crippen molar-refractivity contribution in [2.24, 2.45) is 11.8 Å². The van der Waals surface area contributed by atoms with Gasteiger partial charge in [-0.3, -0.25) is 49.8 Å². The van der Waals surface area contributed by atoms with Gasteiger partial charge >= 0.3 is 0 Å². The van der Waals surface area contributed by atoms with Crippen LogP contribution in [0.2, 0.25) is 0 Å². The van der Waals surface area contributed by atoms with Crippen LogP contribution in [0.3, 0.4) is 0 Å². The first-order valence-corrected chi connectivity index (χ1v) is 44.3. The van der Waals surface area contributed by atoms with Gasteiger partial charge < -0.3 is 0 Å². The van der Waals surface area contributed by atoms with Crippen LogP contribution in [0.25, 0.3) is 241 Å². The molecular weight excluding hydrogens is 1610 g/mol. The fourth-order valence-corrected chi connectivity index (χ4v) is 21.1. The normalized spacial score (nSPS) is 14.6. The lowest BCUT2D eigenvalue weighted by Gasteiger charge is -2.42. The molecule has 0 N–H and O–H groups in total. The molecule has 11 aromatic carbocycles. The van der Waals surface area contributed by atoms with Gasteiger partial charge in [0.1, 0.15) is 0 Å². The second kappa shape index (κ2) is 29.9. The number of para-hydroxylation sites is 3. The van der Waals surface area contributed by atoms with Crippen molar-refractivity contribution in [1.29, 1.82) is 0 Å². The lowest BCUT2D eigenvalue weighted by molar-refractivity contribution is 0.569. The van der Waals surface area contributed by atoms with Gasteiger partial charge in [-0.15, -0.1) is 0 Å². The van der Waals surface area contributed by atoms with Gasteiger partial charge in [0.2, 0.25) is 0 Å². The lowest BCUT2D eigenvalue weighted by atomic mass is 9.61. The highest BCUT2D eigenvalue weighted by molar-refractivity contribution is 6.23. The minimum absolute atomic E-state index is 0.209. The fourth-order valence-electron chi connectivity index (χ4n) is 21.1. The van der Waals surface area contributed by atoms with Gasteiger partial charge in [0.05, 0.1) is 99.5 Å². The van der Waals surface area contributed by atoms with E-state index in [-0.39, 0.29) is 11.8 Å². The minimum atomic E-state index is 0.209. The fraction of sp³-hybridized carbons (Fsp3) is 0.0169. The summed E-state index contributed by atoms with van der Waals surface area (Å²) in [4.78, 5) is 67.9. The van der Waals surface area contributed by atoms with E-state index in [2.05, 4.69) is 305 Å². The summed E-state index contributed by atoms with van der Waals surface area (Å²) in [5.74, 6) is 0.426. The Morgan fingerprint density at radius 1 is 0.197 bits per heavy atom. The zero-order chi connectivity index (χ0) is 86.6. The number of pyridine rings is 14. The topological polar surface area (TPSA) is 180 Å². The van der Waals surface area contributed by atoms with Gasteiger partial charge in [0, 0.05) is 188 Å². The number of hydrogen-bond acceptors (Lipinski definition) is 14. The Labute approximate surface area is 752 Å². The molecule has 14 heterocycles. The molecule has 0 bridgehead atoms.